The van der Waals surface area contributed by atoms with Crippen molar-refractivity contribution in [3.63, 3.8) is 0 Å². The Hall–Kier alpha value is -0.830. The first-order chi connectivity index (χ1) is 6.79. The lowest BCUT2D eigenvalue weighted by Gasteiger charge is -2.44. The molecule has 3 heterocycles. The van der Waals surface area contributed by atoms with Crippen molar-refractivity contribution in [3.05, 3.63) is 12.7 Å². The van der Waals surface area contributed by atoms with Gasteiger partial charge in [-0.15, -0.1) is 6.58 Å². The molecule has 3 saturated heterocycles. The lowest BCUT2D eigenvalue weighted by Crippen LogP contribution is -2.57. The molecule has 78 valence electrons. The van der Waals surface area contributed by atoms with Crippen LogP contribution in [0.5, 0.6) is 0 Å². The molecule has 0 radical (unpaired) electrons. The average Bonchev–Trinajstić information content (AvgIpc) is 2.19. The molecular formula is C11H18N2O. The minimum absolute atomic E-state index is 0.124. The first-order valence-corrected chi connectivity index (χ1v) is 5.42. The second kappa shape index (κ2) is 4.13. The fourth-order valence-corrected chi connectivity index (χ4v) is 2.53. The van der Waals surface area contributed by atoms with E-state index in [1.54, 1.807) is 6.08 Å². The number of fused-ring (bicyclic) bond motifs is 3. The third-order valence-corrected chi connectivity index (χ3v) is 3.33. The fraction of sp³-hybridized carbons (Fsp3) is 0.727. The summed E-state index contributed by atoms with van der Waals surface area (Å²) in [5.74, 6) is 0.840. The summed E-state index contributed by atoms with van der Waals surface area (Å²) in [5, 5.41) is 3.10. The van der Waals surface area contributed by atoms with Crippen molar-refractivity contribution >= 4 is 5.91 Å². The number of hydrogen-bond donors (Lipinski definition) is 1. The van der Waals surface area contributed by atoms with Gasteiger partial charge in [-0.25, -0.2) is 0 Å². The molecule has 3 rings (SSSR count). The SMILES string of the molecule is C=CCC(=O)NC1CN2CCC1CC2. The molecule has 3 nitrogen and oxygen atoms in total. The minimum Gasteiger partial charge on any atom is -0.352 e. The predicted octanol–water partition coefficient (Wildman–Crippen LogP) is 0.773. The standard InChI is InChI=1S/C11H18N2O/c1-2-3-11(14)12-10-8-13-6-4-9(10)5-7-13/h2,9-10H,1,3-8H2,(H,12,14). The van der Waals surface area contributed by atoms with Crippen LogP contribution in [0.4, 0.5) is 0 Å². The summed E-state index contributed by atoms with van der Waals surface area (Å²) in [4.78, 5) is 13.8. The van der Waals surface area contributed by atoms with Crippen molar-refractivity contribution in [1.82, 2.24) is 10.2 Å². The molecule has 3 fully saturated rings. The summed E-state index contributed by atoms with van der Waals surface area (Å²) in [6.07, 6.45) is 4.61. The van der Waals surface area contributed by atoms with Gasteiger partial charge in [-0.3, -0.25) is 4.79 Å². The number of carbonyl (C=O) groups is 1. The topological polar surface area (TPSA) is 32.3 Å². The van der Waals surface area contributed by atoms with Crippen LogP contribution in [-0.4, -0.2) is 36.5 Å². The lowest BCUT2D eigenvalue weighted by atomic mass is 9.84. The van der Waals surface area contributed by atoms with E-state index in [1.165, 1.54) is 25.9 Å². The summed E-state index contributed by atoms with van der Waals surface area (Å²) in [5.41, 5.74) is 0. The molecule has 2 bridgehead atoms. The molecule has 1 amide bonds. The predicted molar refractivity (Wildman–Crippen MR) is 55.9 cm³/mol. The van der Waals surface area contributed by atoms with Gasteiger partial charge in [-0.1, -0.05) is 6.08 Å². The van der Waals surface area contributed by atoms with Crippen LogP contribution >= 0.6 is 0 Å². The van der Waals surface area contributed by atoms with E-state index in [9.17, 15) is 4.79 Å². The van der Waals surface area contributed by atoms with Crippen molar-refractivity contribution < 1.29 is 4.79 Å². The molecule has 1 atom stereocenters. The summed E-state index contributed by atoms with van der Waals surface area (Å²) in [6.45, 7) is 7.06. The molecule has 3 aliphatic heterocycles. The molecule has 0 saturated carbocycles. The summed E-state index contributed by atoms with van der Waals surface area (Å²) < 4.78 is 0. The molecule has 14 heavy (non-hydrogen) atoms. The van der Waals surface area contributed by atoms with Crippen molar-refractivity contribution in [1.29, 1.82) is 0 Å². The monoisotopic (exact) mass is 194 g/mol. The zero-order valence-electron chi connectivity index (χ0n) is 8.54. The van der Waals surface area contributed by atoms with Gasteiger partial charge in [0.15, 0.2) is 0 Å². The maximum absolute atomic E-state index is 11.4. The number of piperidine rings is 3. The van der Waals surface area contributed by atoms with E-state index in [4.69, 9.17) is 0 Å². The maximum atomic E-state index is 11.4. The molecule has 0 aromatic rings. The fourth-order valence-electron chi connectivity index (χ4n) is 2.53. The van der Waals surface area contributed by atoms with Crippen molar-refractivity contribution in [2.24, 2.45) is 5.92 Å². The first-order valence-electron chi connectivity index (χ1n) is 5.42. The van der Waals surface area contributed by atoms with E-state index in [1.807, 2.05) is 0 Å². The second-order valence-electron chi connectivity index (χ2n) is 4.30. The van der Waals surface area contributed by atoms with Crippen LogP contribution in [0.1, 0.15) is 19.3 Å². The molecule has 1 N–H and O–H groups in total. The Labute approximate surface area is 85.2 Å². The van der Waals surface area contributed by atoms with Gasteiger partial charge in [0.25, 0.3) is 0 Å². The zero-order chi connectivity index (χ0) is 9.97. The number of amides is 1. The van der Waals surface area contributed by atoms with Gasteiger partial charge >= 0.3 is 0 Å². The Morgan fingerprint density at radius 2 is 2.21 bits per heavy atom. The Kier molecular flexibility index (Phi) is 2.87. The number of nitrogens with zero attached hydrogens (tertiary/aromatic N) is 1. The lowest BCUT2D eigenvalue weighted by molar-refractivity contribution is -0.122. The van der Waals surface area contributed by atoms with Crippen LogP contribution in [0, 0.1) is 5.92 Å². The molecule has 3 aliphatic rings. The Bertz CT molecular complexity index is 231. The van der Waals surface area contributed by atoms with Crippen LogP contribution < -0.4 is 5.32 Å². The van der Waals surface area contributed by atoms with E-state index in [0.717, 1.165) is 6.54 Å². The quantitative estimate of drug-likeness (QED) is 0.673. The van der Waals surface area contributed by atoms with Gasteiger partial charge in [-0.05, 0) is 31.8 Å². The molecule has 0 aromatic carbocycles. The largest absolute Gasteiger partial charge is 0.352 e. The van der Waals surface area contributed by atoms with E-state index in [2.05, 4.69) is 16.8 Å². The third kappa shape index (κ3) is 1.98. The van der Waals surface area contributed by atoms with Gasteiger partial charge < -0.3 is 10.2 Å². The van der Waals surface area contributed by atoms with Gasteiger partial charge in [0.1, 0.15) is 0 Å². The summed E-state index contributed by atoms with van der Waals surface area (Å²) in [7, 11) is 0. The highest BCUT2D eigenvalue weighted by Crippen LogP contribution is 2.27. The number of rotatable bonds is 3. The van der Waals surface area contributed by atoms with Crippen molar-refractivity contribution in [3.8, 4) is 0 Å². The number of nitrogens with one attached hydrogen (secondary N) is 1. The van der Waals surface area contributed by atoms with Crippen molar-refractivity contribution in [2.75, 3.05) is 19.6 Å². The smallest absolute Gasteiger partial charge is 0.224 e. The first kappa shape index (κ1) is 9.71. The van der Waals surface area contributed by atoms with Gasteiger partial charge in [-0.2, -0.15) is 0 Å². The van der Waals surface area contributed by atoms with Crippen LogP contribution in [0.2, 0.25) is 0 Å². The highest BCUT2D eigenvalue weighted by Gasteiger charge is 2.34. The Morgan fingerprint density at radius 1 is 1.50 bits per heavy atom. The zero-order valence-corrected chi connectivity index (χ0v) is 8.54. The molecule has 0 aromatic heterocycles. The van der Waals surface area contributed by atoms with Crippen LogP contribution in [-0.2, 0) is 4.79 Å². The van der Waals surface area contributed by atoms with Gasteiger partial charge in [0.05, 0.1) is 0 Å². The van der Waals surface area contributed by atoms with E-state index >= 15 is 0 Å². The maximum Gasteiger partial charge on any atom is 0.224 e. The van der Waals surface area contributed by atoms with E-state index in [-0.39, 0.29) is 5.91 Å². The number of carbonyl (C=O) groups excluding carboxylic acids is 1. The van der Waals surface area contributed by atoms with Crippen molar-refractivity contribution in [2.45, 2.75) is 25.3 Å². The van der Waals surface area contributed by atoms with E-state index in [0.29, 0.717) is 18.4 Å². The third-order valence-electron chi connectivity index (χ3n) is 3.33. The van der Waals surface area contributed by atoms with Gasteiger partial charge in [0, 0.05) is 19.0 Å². The molecule has 1 unspecified atom stereocenters. The molecule has 0 spiro atoms. The van der Waals surface area contributed by atoms with Crippen LogP contribution in [0.25, 0.3) is 0 Å². The van der Waals surface area contributed by atoms with Gasteiger partial charge in [0.2, 0.25) is 5.91 Å². The Morgan fingerprint density at radius 3 is 2.71 bits per heavy atom. The second-order valence-corrected chi connectivity index (χ2v) is 4.30. The minimum atomic E-state index is 0.124. The molecular weight excluding hydrogens is 176 g/mol. The summed E-state index contributed by atoms with van der Waals surface area (Å²) in [6, 6.07) is 0.393. The van der Waals surface area contributed by atoms with Crippen LogP contribution in [0.15, 0.2) is 12.7 Å². The summed E-state index contributed by atoms with van der Waals surface area (Å²) >= 11 is 0. The Balaban J connectivity index is 1.86. The normalized spacial score (nSPS) is 35.3. The number of hydrogen-bond acceptors (Lipinski definition) is 2. The average molecular weight is 194 g/mol. The highest BCUT2D eigenvalue weighted by atomic mass is 16.1. The molecule has 3 heteroatoms. The molecule has 0 aliphatic carbocycles. The van der Waals surface area contributed by atoms with Crippen LogP contribution in [0.3, 0.4) is 0 Å². The highest BCUT2D eigenvalue weighted by molar-refractivity contribution is 5.77. The van der Waals surface area contributed by atoms with E-state index < -0.39 is 0 Å².